The molecule has 110 valence electrons. The maximum absolute atomic E-state index is 4.53. The Hall–Kier alpha value is -2.10. The van der Waals surface area contributed by atoms with Gasteiger partial charge < -0.3 is 10.6 Å². The van der Waals surface area contributed by atoms with Crippen LogP contribution in [0.5, 0.6) is 0 Å². The standard InChI is InChI=1S/C17H22N4/c1-11(2)13-4-6-14(7-5-13)19-16-10-12(3)18-17(21-16)20-15-8-9-15/h4-7,10-11,15H,8-9H2,1-3H3,(H2,18,19,20,21). The predicted molar refractivity (Wildman–Crippen MR) is 87.2 cm³/mol. The zero-order valence-corrected chi connectivity index (χ0v) is 12.9. The molecule has 2 aromatic rings. The van der Waals surface area contributed by atoms with Crippen molar-refractivity contribution in [3.8, 4) is 0 Å². The smallest absolute Gasteiger partial charge is 0.225 e. The zero-order valence-electron chi connectivity index (χ0n) is 12.9. The summed E-state index contributed by atoms with van der Waals surface area (Å²) in [6.07, 6.45) is 2.44. The molecule has 4 nitrogen and oxygen atoms in total. The Kier molecular flexibility index (Phi) is 3.78. The molecular formula is C17H22N4. The Bertz CT molecular complexity index is 615. The van der Waals surface area contributed by atoms with Gasteiger partial charge in [0.2, 0.25) is 5.95 Å². The van der Waals surface area contributed by atoms with Gasteiger partial charge in [0.05, 0.1) is 0 Å². The summed E-state index contributed by atoms with van der Waals surface area (Å²) in [6, 6.07) is 11.0. The van der Waals surface area contributed by atoms with E-state index in [2.05, 4.69) is 58.7 Å². The Labute approximate surface area is 126 Å². The molecule has 0 bridgehead atoms. The average Bonchev–Trinajstić information content (AvgIpc) is 3.22. The van der Waals surface area contributed by atoms with Crippen LogP contribution in [0.2, 0.25) is 0 Å². The van der Waals surface area contributed by atoms with E-state index in [9.17, 15) is 0 Å². The van der Waals surface area contributed by atoms with Crippen molar-refractivity contribution in [2.45, 2.75) is 45.6 Å². The van der Waals surface area contributed by atoms with E-state index in [1.807, 2.05) is 13.0 Å². The Morgan fingerprint density at radius 2 is 1.81 bits per heavy atom. The Balaban J connectivity index is 1.75. The van der Waals surface area contributed by atoms with E-state index in [1.54, 1.807) is 0 Å². The van der Waals surface area contributed by atoms with E-state index in [4.69, 9.17) is 0 Å². The highest BCUT2D eigenvalue weighted by atomic mass is 15.2. The highest BCUT2D eigenvalue weighted by molar-refractivity contribution is 5.58. The summed E-state index contributed by atoms with van der Waals surface area (Å²) < 4.78 is 0. The van der Waals surface area contributed by atoms with E-state index >= 15 is 0 Å². The highest BCUT2D eigenvalue weighted by Crippen LogP contribution is 2.25. The minimum Gasteiger partial charge on any atom is -0.351 e. The predicted octanol–water partition coefficient (Wildman–Crippen LogP) is 4.23. The van der Waals surface area contributed by atoms with Crippen molar-refractivity contribution in [3.05, 3.63) is 41.6 Å². The van der Waals surface area contributed by atoms with Gasteiger partial charge in [0.15, 0.2) is 0 Å². The van der Waals surface area contributed by atoms with Crippen LogP contribution in [0.4, 0.5) is 17.5 Å². The molecule has 0 atom stereocenters. The second kappa shape index (κ2) is 5.72. The second-order valence-corrected chi connectivity index (χ2v) is 6.04. The third-order valence-corrected chi connectivity index (χ3v) is 3.61. The highest BCUT2D eigenvalue weighted by Gasteiger charge is 2.22. The van der Waals surface area contributed by atoms with Gasteiger partial charge in [-0.25, -0.2) is 4.98 Å². The van der Waals surface area contributed by atoms with Crippen LogP contribution >= 0.6 is 0 Å². The maximum atomic E-state index is 4.53. The topological polar surface area (TPSA) is 49.8 Å². The summed E-state index contributed by atoms with van der Waals surface area (Å²) in [7, 11) is 0. The third kappa shape index (κ3) is 3.72. The second-order valence-electron chi connectivity index (χ2n) is 6.04. The van der Waals surface area contributed by atoms with Gasteiger partial charge in [-0.15, -0.1) is 0 Å². The van der Waals surface area contributed by atoms with Gasteiger partial charge in [-0.1, -0.05) is 26.0 Å². The van der Waals surface area contributed by atoms with Crippen LogP contribution in [0, 0.1) is 6.92 Å². The molecule has 1 saturated carbocycles. The number of hydrogen-bond acceptors (Lipinski definition) is 4. The Morgan fingerprint density at radius 3 is 2.43 bits per heavy atom. The zero-order chi connectivity index (χ0) is 14.8. The summed E-state index contributed by atoms with van der Waals surface area (Å²) >= 11 is 0. The number of anilines is 3. The maximum Gasteiger partial charge on any atom is 0.225 e. The summed E-state index contributed by atoms with van der Waals surface area (Å²) in [5, 5.41) is 6.70. The molecule has 0 radical (unpaired) electrons. The molecule has 1 aliphatic carbocycles. The van der Waals surface area contributed by atoms with Crippen molar-refractivity contribution in [1.82, 2.24) is 9.97 Å². The van der Waals surface area contributed by atoms with Crippen molar-refractivity contribution in [1.29, 1.82) is 0 Å². The van der Waals surface area contributed by atoms with E-state index in [1.165, 1.54) is 18.4 Å². The van der Waals surface area contributed by atoms with Crippen LogP contribution in [0.1, 0.15) is 43.9 Å². The lowest BCUT2D eigenvalue weighted by Gasteiger charge is -2.11. The molecule has 1 heterocycles. The van der Waals surface area contributed by atoms with Crippen molar-refractivity contribution in [2.24, 2.45) is 0 Å². The molecule has 0 unspecified atom stereocenters. The molecule has 0 spiro atoms. The molecule has 21 heavy (non-hydrogen) atoms. The SMILES string of the molecule is Cc1cc(Nc2ccc(C(C)C)cc2)nc(NC2CC2)n1. The monoisotopic (exact) mass is 282 g/mol. The number of aryl methyl sites for hydroxylation is 1. The molecule has 2 N–H and O–H groups in total. The number of nitrogens with one attached hydrogen (secondary N) is 2. The van der Waals surface area contributed by atoms with Crippen LogP contribution in [0.25, 0.3) is 0 Å². The molecule has 3 rings (SSSR count). The van der Waals surface area contributed by atoms with E-state index < -0.39 is 0 Å². The Morgan fingerprint density at radius 1 is 1.10 bits per heavy atom. The first-order chi connectivity index (χ1) is 10.1. The molecule has 1 aromatic carbocycles. The average molecular weight is 282 g/mol. The minimum absolute atomic E-state index is 0.551. The van der Waals surface area contributed by atoms with E-state index in [-0.39, 0.29) is 0 Å². The summed E-state index contributed by atoms with van der Waals surface area (Å²) in [6.45, 7) is 6.39. The fourth-order valence-electron chi connectivity index (χ4n) is 2.21. The molecule has 1 fully saturated rings. The largest absolute Gasteiger partial charge is 0.351 e. The van der Waals surface area contributed by atoms with E-state index in [0.29, 0.717) is 12.0 Å². The third-order valence-electron chi connectivity index (χ3n) is 3.61. The quantitative estimate of drug-likeness (QED) is 0.861. The van der Waals surface area contributed by atoms with Crippen LogP contribution in [-0.4, -0.2) is 16.0 Å². The van der Waals surface area contributed by atoms with E-state index in [0.717, 1.165) is 23.1 Å². The van der Waals surface area contributed by atoms with Gasteiger partial charge in [0.1, 0.15) is 5.82 Å². The summed E-state index contributed by atoms with van der Waals surface area (Å²) in [5.74, 6) is 2.11. The number of hydrogen-bond donors (Lipinski definition) is 2. The van der Waals surface area contributed by atoms with Crippen molar-refractivity contribution < 1.29 is 0 Å². The molecular weight excluding hydrogens is 260 g/mol. The molecule has 0 saturated heterocycles. The molecule has 4 heteroatoms. The summed E-state index contributed by atoms with van der Waals surface area (Å²) in [4.78, 5) is 8.96. The van der Waals surface area contributed by atoms with Crippen molar-refractivity contribution in [2.75, 3.05) is 10.6 Å². The van der Waals surface area contributed by atoms with Crippen molar-refractivity contribution >= 4 is 17.5 Å². The summed E-state index contributed by atoms with van der Waals surface area (Å²) in [5.41, 5.74) is 3.36. The molecule has 1 aliphatic rings. The van der Waals surface area contributed by atoms with Gasteiger partial charge >= 0.3 is 0 Å². The normalized spacial score (nSPS) is 14.3. The number of aromatic nitrogens is 2. The minimum atomic E-state index is 0.551. The van der Waals surface area contributed by atoms with Crippen LogP contribution < -0.4 is 10.6 Å². The van der Waals surface area contributed by atoms with Crippen LogP contribution in [0.3, 0.4) is 0 Å². The number of nitrogens with zero attached hydrogens (tertiary/aromatic N) is 2. The van der Waals surface area contributed by atoms with Gasteiger partial charge in [0.25, 0.3) is 0 Å². The van der Waals surface area contributed by atoms with Gasteiger partial charge in [-0.2, -0.15) is 4.98 Å². The molecule has 0 aliphatic heterocycles. The van der Waals surface area contributed by atoms with Crippen LogP contribution in [-0.2, 0) is 0 Å². The van der Waals surface area contributed by atoms with Gasteiger partial charge in [-0.3, -0.25) is 0 Å². The lowest BCUT2D eigenvalue weighted by atomic mass is 10.0. The van der Waals surface area contributed by atoms with Crippen LogP contribution in [0.15, 0.2) is 30.3 Å². The van der Waals surface area contributed by atoms with Gasteiger partial charge in [0, 0.05) is 23.5 Å². The fourth-order valence-corrected chi connectivity index (χ4v) is 2.21. The molecule has 1 aromatic heterocycles. The first kappa shape index (κ1) is 13.9. The molecule has 0 amide bonds. The lowest BCUT2D eigenvalue weighted by molar-refractivity contribution is 0.867. The fraction of sp³-hybridized carbons (Fsp3) is 0.412. The van der Waals surface area contributed by atoms with Gasteiger partial charge in [-0.05, 0) is 43.4 Å². The lowest BCUT2D eigenvalue weighted by Crippen LogP contribution is -2.07. The first-order valence-corrected chi connectivity index (χ1v) is 7.59. The van der Waals surface area contributed by atoms with Crippen molar-refractivity contribution in [3.63, 3.8) is 0 Å². The number of rotatable bonds is 5. The first-order valence-electron chi connectivity index (χ1n) is 7.59. The number of benzene rings is 1.